The highest BCUT2D eigenvalue weighted by molar-refractivity contribution is 7.91. The summed E-state index contributed by atoms with van der Waals surface area (Å²) in [5, 5.41) is 4.79. The molecule has 1 aromatic heterocycles. The van der Waals surface area contributed by atoms with E-state index in [1.807, 2.05) is 31.2 Å². The third-order valence-electron chi connectivity index (χ3n) is 3.59. The average molecular weight is 311 g/mol. The van der Waals surface area contributed by atoms with Crippen molar-refractivity contribution in [1.82, 2.24) is 4.98 Å². The van der Waals surface area contributed by atoms with Gasteiger partial charge in [0, 0.05) is 16.5 Å². The van der Waals surface area contributed by atoms with Crippen LogP contribution < -0.4 is 5.32 Å². The normalized spacial score (nSPS) is 21.2. The second kappa shape index (κ2) is 4.90. The number of rotatable bonds is 2. The molecule has 0 aliphatic carbocycles. The highest BCUT2D eigenvalue weighted by atomic mass is 35.5. The lowest BCUT2D eigenvalue weighted by Crippen LogP contribution is -2.21. The monoisotopic (exact) mass is 310 g/mol. The minimum atomic E-state index is -2.88. The number of hydrogen-bond acceptors (Lipinski definition) is 4. The summed E-state index contributed by atoms with van der Waals surface area (Å²) in [6, 6.07) is 7.51. The highest BCUT2D eigenvalue weighted by Crippen LogP contribution is 2.27. The molecule has 1 aliphatic heterocycles. The van der Waals surface area contributed by atoms with Crippen molar-refractivity contribution in [3.8, 4) is 0 Å². The summed E-state index contributed by atoms with van der Waals surface area (Å²) in [5.74, 6) is 1.13. The van der Waals surface area contributed by atoms with Crippen molar-refractivity contribution in [2.45, 2.75) is 19.4 Å². The third-order valence-corrected chi connectivity index (χ3v) is 5.69. The molecule has 6 heteroatoms. The zero-order valence-corrected chi connectivity index (χ0v) is 12.6. The lowest BCUT2D eigenvalue weighted by Gasteiger charge is -2.13. The van der Waals surface area contributed by atoms with Crippen molar-refractivity contribution in [3.05, 3.63) is 34.9 Å². The van der Waals surface area contributed by atoms with E-state index in [0.717, 1.165) is 16.5 Å². The minimum absolute atomic E-state index is 0.0514. The number of aryl methyl sites for hydroxylation is 1. The van der Waals surface area contributed by atoms with Crippen LogP contribution in [0.5, 0.6) is 0 Å². The predicted molar refractivity (Wildman–Crippen MR) is 82.2 cm³/mol. The summed E-state index contributed by atoms with van der Waals surface area (Å²) in [4.78, 5) is 4.56. The van der Waals surface area contributed by atoms with Crippen molar-refractivity contribution in [1.29, 1.82) is 0 Å². The van der Waals surface area contributed by atoms with E-state index in [1.54, 1.807) is 0 Å². The lowest BCUT2D eigenvalue weighted by atomic mass is 10.1. The molecule has 0 radical (unpaired) electrons. The Hall–Kier alpha value is -1.33. The molecule has 0 spiro atoms. The summed E-state index contributed by atoms with van der Waals surface area (Å²) in [6.07, 6.45) is 0.635. The molecular weight excluding hydrogens is 296 g/mol. The number of nitrogens with one attached hydrogen (secondary N) is 1. The van der Waals surface area contributed by atoms with Crippen molar-refractivity contribution in [3.63, 3.8) is 0 Å². The summed E-state index contributed by atoms with van der Waals surface area (Å²) in [6.45, 7) is 1.98. The molecule has 1 atom stereocenters. The highest BCUT2D eigenvalue weighted by Gasteiger charge is 2.27. The maximum absolute atomic E-state index is 11.5. The molecule has 1 saturated heterocycles. The summed E-state index contributed by atoms with van der Waals surface area (Å²) >= 11 is 6.15. The van der Waals surface area contributed by atoms with Crippen molar-refractivity contribution >= 4 is 38.2 Å². The Balaban J connectivity index is 1.92. The van der Waals surface area contributed by atoms with Crippen LogP contribution in [-0.4, -0.2) is 30.9 Å². The van der Waals surface area contributed by atoms with Crippen LogP contribution in [0.3, 0.4) is 0 Å². The van der Waals surface area contributed by atoms with Gasteiger partial charge in [-0.2, -0.15) is 0 Å². The molecule has 2 heterocycles. The first-order valence-electron chi connectivity index (χ1n) is 6.47. The smallest absolute Gasteiger partial charge is 0.152 e. The zero-order chi connectivity index (χ0) is 14.3. The SMILES string of the molecule is Cc1ccc(Cl)c2ccc(NC3CCS(=O)(=O)C3)nc12. The van der Waals surface area contributed by atoms with E-state index < -0.39 is 9.84 Å². The number of halogens is 1. The van der Waals surface area contributed by atoms with E-state index in [1.165, 1.54) is 0 Å². The maximum atomic E-state index is 11.5. The van der Waals surface area contributed by atoms with E-state index in [4.69, 9.17) is 11.6 Å². The van der Waals surface area contributed by atoms with Gasteiger partial charge in [0.15, 0.2) is 9.84 Å². The summed E-state index contributed by atoms with van der Waals surface area (Å²) < 4.78 is 22.9. The molecule has 0 saturated carbocycles. The van der Waals surface area contributed by atoms with Gasteiger partial charge in [0.05, 0.1) is 17.0 Å². The van der Waals surface area contributed by atoms with Crippen LogP contribution in [0.4, 0.5) is 5.82 Å². The number of fused-ring (bicyclic) bond motifs is 1. The van der Waals surface area contributed by atoms with Crippen molar-refractivity contribution in [2.24, 2.45) is 0 Å². The standard InChI is InChI=1S/C14H15ClN2O2S/c1-9-2-4-12(15)11-3-5-13(17-14(9)11)16-10-6-7-20(18,19)8-10/h2-5,10H,6-8H2,1H3,(H,16,17). The van der Waals surface area contributed by atoms with Gasteiger partial charge in [-0.05, 0) is 37.1 Å². The molecule has 3 rings (SSSR count). The van der Waals surface area contributed by atoms with Gasteiger partial charge in [0.1, 0.15) is 5.82 Å². The Labute approximate surface area is 123 Å². The Morgan fingerprint density at radius 1 is 1.30 bits per heavy atom. The molecule has 1 unspecified atom stereocenters. The van der Waals surface area contributed by atoms with E-state index in [0.29, 0.717) is 17.3 Å². The Morgan fingerprint density at radius 3 is 2.80 bits per heavy atom. The predicted octanol–water partition coefficient (Wildman–Crippen LogP) is 2.80. The molecule has 0 amide bonds. The van der Waals surface area contributed by atoms with Crippen LogP contribution in [0.1, 0.15) is 12.0 Å². The minimum Gasteiger partial charge on any atom is -0.366 e. The number of nitrogens with zero attached hydrogens (tertiary/aromatic N) is 1. The van der Waals surface area contributed by atoms with Crippen molar-refractivity contribution < 1.29 is 8.42 Å². The quantitative estimate of drug-likeness (QED) is 0.926. The second-order valence-corrected chi connectivity index (χ2v) is 7.84. The molecule has 2 aromatic rings. The first-order chi connectivity index (χ1) is 9.44. The molecule has 1 N–H and O–H groups in total. The largest absolute Gasteiger partial charge is 0.366 e. The fourth-order valence-corrected chi connectivity index (χ4v) is 4.41. The van der Waals surface area contributed by atoms with Crippen LogP contribution in [0, 0.1) is 6.92 Å². The van der Waals surface area contributed by atoms with Gasteiger partial charge in [-0.25, -0.2) is 13.4 Å². The van der Waals surface area contributed by atoms with E-state index in [2.05, 4.69) is 10.3 Å². The summed E-state index contributed by atoms with van der Waals surface area (Å²) in [5.41, 5.74) is 1.90. The van der Waals surface area contributed by atoms with Crippen LogP contribution >= 0.6 is 11.6 Å². The number of hydrogen-bond donors (Lipinski definition) is 1. The Morgan fingerprint density at radius 2 is 2.10 bits per heavy atom. The maximum Gasteiger partial charge on any atom is 0.152 e. The number of aromatic nitrogens is 1. The Kier molecular flexibility index (Phi) is 3.34. The van der Waals surface area contributed by atoms with Gasteiger partial charge in [-0.1, -0.05) is 17.7 Å². The number of pyridine rings is 1. The molecule has 106 valence electrons. The van der Waals surface area contributed by atoms with E-state index in [9.17, 15) is 8.42 Å². The fourth-order valence-electron chi connectivity index (χ4n) is 2.52. The first-order valence-corrected chi connectivity index (χ1v) is 8.67. The molecule has 1 aliphatic rings. The van der Waals surface area contributed by atoms with E-state index in [-0.39, 0.29) is 17.5 Å². The topological polar surface area (TPSA) is 59.1 Å². The van der Waals surface area contributed by atoms with Gasteiger partial charge in [-0.3, -0.25) is 0 Å². The van der Waals surface area contributed by atoms with Gasteiger partial charge in [-0.15, -0.1) is 0 Å². The average Bonchev–Trinajstić information content (AvgIpc) is 2.73. The van der Waals surface area contributed by atoms with Crippen LogP contribution in [0.15, 0.2) is 24.3 Å². The summed E-state index contributed by atoms with van der Waals surface area (Å²) in [7, 11) is -2.88. The molecule has 4 nitrogen and oxygen atoms in total. The fraction of sp³-hybridized carbons (Fsp3) is 0.357. The molecule has 1 fully saturated rings. The molecule has 0 bridgehead atoms. The zero-order valence-electron chi connectivity index (χ0n) is 11.1. The van der Waals surface area contributed by atoms with Gasteiger partial charge >= 0.3 is 0 Å². The van der Waals surface area contributed by atoms with Crippen LogP contribution in [0.2, 0.25) is 5.02 Å². The third kappa shape index (κ3) is 2.60. The van der Waals surface area contributed by atoms with Crippen LogP contribution in [-0.2, 0) is 9.84 Å². The van der Waals surface area contributed by atoms with Gasteiger partial charge < -0.3 is 5.32 Å². The van der Waals surface area contributed by atoms with Gasteiger partial charge in [0.25, 0.3) is 0 Å². The van der Waals surface area contributed by atoms with Crippen molar-refractivity contribution in [2.75, 3.05) is 16.8 Å². The molecule has 20 heavy (non-hydrogen) atoms. The number of benzene rings is 1. The van der Waals surface area contributed by atoms with Gasteiger partial charge in [0.2, 0.25) is 0 Å². The van der Waals surface area contributed by atoms with Crippen LogP contribution in [0.25, 0.3) is 10.9 Å². The van der Waals surface area contributed by atoms with E-state index >= 15 is 0 Å². The Bertz CT molecular complexity index is 774. The lowest BCUT2D eigenvalue weighted by molar-refractivity contribution is 0.602. The number of sulfone groups is 1. The number of anilines is 1. The molecule has 1 aromatic carbocycles. The second-order valence-electron chi connectivity index (χ2n) is 5.20. The first kappa shape index (κ1) is 13.6. The molecular formula is C14H15ClN2O2S.